The summed E-state index contributed by atoms with van der Waals surface area (Å²) in [4.78, 5) is 16.9. The van der Waals surface area contributed by atoms with Crippen LogP contribution in [0.5, 0.6) is 11.5 Å². The van der Waals surface area contributed by atoms with Crippen LogP contribution in [0, 0.1) is 0 Å². The first-order valence-corrected chi connectivity index (χ1v) is 21.9. The average Bonchev–Trinajstić information content (AvgIpc) is 3.65. The third-order valence-electron chi connectivity index (χ3n) is 10.8. The molecule has 0 spiro atoms. The first-order chi connectivity index (χ1) is 28.4. The summed E-state index contributed by atoms with van der Waals surface area (Å²) in [7, 11) is 0. The summed E-state index contributed by atoms with van der Waals surface area (Å²) in [5, 5.41) is 0. The van der Waals surface area contributed by atoms with E-state index in [1.807, 2.05) is 24.5 Å². The molecule has 282 valence electrons. The van der Waals surface area contributed by atoms with Gasteiger partial charge in [-0.3, -0.25) is 0 Å². The van der Waals surface area contributed by atoms with E-state index in [2.05, 4.69) is 193 Å². The Morgan fingerprint density at radius 2 is 1.21 bits per heavy atom. The van der Waals surface area contributed by atoms with E-state index in [9.17, 15) is 0 Å². The van der Waals surface area contributed by atoms with Crippen molar-refractivity contribution in [1.82, 2.24) is 9.97 Å². The molecule has 2 aromatic heterocycles. The molecule has 58 heavy (non-hydrogen) atoms. The summed E-state index contributed by atoms with van der Waals surface area (Å²) in [6, 6.07) is 60.1. The number of ether oxygens (including phenoxy) is 1. The summed E-state index contributed by atoms with van der Waals surface area (Å²) < 4.78 is 9.52. The third-order valence-corrected chi connectivity index (χ3v) is 14.0. The van der Waals surface area contributed by atoms with Crippen molar-refractivity contribution in [2.45, 2.75) is 26.2 Å². The minimum absolute atomic E-state index is 0.00158. The van der Waals surface area contributed by atoms with Crippen LogP contribution in [0.1, 0.15) is 26.3 Å². The molecule has 0 fully saturated rings. The van der Waals surface area contributed by atoms with Gasteiger partial charge in [0.15, 0.2) is 0 Å². The molecule has 7 heteroatoms. The van der Waals surface area contributed by atoms with Gasteiger partial charge < -0.3 is 0 Å². The van der Waals surface area contributed by atoms with E-state index in [0.29, 0.717) is 6.67 Å². The Balaban J connectivity index is 1.01. The second-order valence-electron chi connectivity index (χ2n) is 15.6. The molecular weight excluding hydrogens is 826 g/mol. The van der Waals surface area contributed by atoms with Crippen molar-refractivity contribution in [2.75, 3.05) is 21.4 Å². The van der Waals surface area contributed by atoms with Crippen LogP contribution in [0.15, 0.2) is 182 Å². The molecule has 0 radical (unpaired) electrons. The Bertz CT molecular complexity index is 2730. The molecule has 6 nitrogen and oxygen atoms in total. The fraction of sp³-hybridized carbons (Fsp3) is 0.0980. The fourth-order valence-electron chi connectivity index (χ4n) is 7.93. The zero-order valence-corrected chi connectivity index (χ0v) is 34.9. The number of para-hydroxylation sites is 2. The number of hydrogen-bond donors (Lipinski definition) is 0. The topological polar surface area (TPSA) is 44.7 Å². The molecule has 8 aromatic rings. The van der Waals surface area contributed by atoms with Gasteiger partial charge in [0.25, 0.3) is 0 Å². The number of nitrogens with zero attached hydrogens (tertiary/aromatic N) is 5. The van der Waals surface area contributed by atoms with E-state index in [0.717, 1.165) is 68.1 Å². The van der Waals surface area contributed by atoms with Gasteiger partial charge in [0, 0.05) is 17.3 Å². The van der Waals surface area contributed by atoms with E-state index in [1.165, 1.54) is 18.5 Å². The van der Waals surface area contributed by atoms with Gasteiger partial charge in [-0.1, -0.05) is 78.9 Å². The number of fused-ring (bicyclic) bond motifs is 3. The molecule has 0 amide bonds. The molecule has 0 bridgehead atoms. The molecule has 2 aliphatic rings. The van der Waals surface area contributed by atoms with Crippen molar-refractivity contribution in [3.8, 4) is 33.8 Å². The van der Waals surface area contributed by atoms with Gasteiger partial charge >= 0.3 is 245 Å². The molecule has 0 atom stereocenters. The van der Waals surface area contributed by atoms with Crippen LogP contribution in [0.4, 0.5) is 40.1 Å². The summed E-state index contributed by atoms with van der Waals surface area (Å²) in [5.74, 6) is 3.39. The van der Waals surface area contributed by atoms with Gasteiger partial charge in [-0.05, 0) is 11.1 Å². The summed E-state index contributed by atoms with van der Waals surface area (Å²) >= 11 is -0.610. The summed E-state index contributed by atoms with van der Waals surface area (Å²) in [5.41, 5.74) is 11.4. The van der Waals surface area contributed by atoms with Gasteiger partial charge in [0.05, 0.1) is 0 Å². The number of hydrogen-bond acceptors (Lipinski definition) is 6. The predicted octanol–water partition coefficient (Wildman–Crippen LogP) is 11.6. The zero-order valence-electron chi connectivity index (χ0n) is 32.6. The van der Waals surface area contributed by atoms with Gasteiger partial charge in [0.1, 0.15) is 0 Å². The molecule has 0 saturated heterocycles. The van der Waals surface area contributed by atoms with E-state index >= 15 is 0 Å². The summed E-state index contributed by atoms with van der Waals surface area (Å²) in [6.45, 7) is 7.32. The van der Waals surface area contributed by atoms with Crippen molar-refractivity contribution in [2.24, 2.45) is 0 Å². The van der Waals surface area contributed by atoms with Gasteiger partial charge in [-0.2, -0.15) is 0 Å². The number of benzene rings is 6. The molecule has 0 N–H and O–H groups in total. The van der Waals surface area contributed by atoms with Gasteiger partial charge in [-0.15, -0.1) is 0 Å². The second-order valence-corrected chi connectivity index (χ2v) is 18.7. The maximum absolute atomic E-state index is 6.76. The SMILES string of the molecule is CC(C)(C)c1ccnc(N2c3ccccc3[Te]c3ccc(Oc4cccc(N5CN(c6c(-c7ccccc7)cccc6-c6ccccc6)c6ncccc65)c4)cc32)c1. The van der Waals surface area contributed by atoms with Crippen LogP contribution in [0.25, 0.3) is 22.3 Å². The van der Waals surface area contributed by atoms with Crippen LogP contribution in [0.3, 0.4) is 0 Å². The second kappa shape index (κ2) is 14.8. The average molecular weight is 868 g/mol. The molecule has 2 aliphatic heterocycles. The van der Waals surface area contributed by atoms with E-state index in [-0.39, 0.29) is 5.41 Å². The Morgan fingerprint density at radius 3 is 1.97 bits per heavy atom. The summed E-state index contributed by atoms with van der Waals surface area (Å²) in [6.07, 6.45) is 3.82. The Labute approximate surface area is 350 Å². The van der Waals surface area contributed by atoms with E-state index in [1.54, 1.807) is 0 Å². The maximum atomic E-state index is 6.76. The molecular formula is C51H41N5OTe. The predicted molar refractivity (Wildman–Crippen MR) is 240 cm³/mol. The monoisotopic (exact) mass is 869 g/mol. The zero-order chi connectivity index (χ0) is 39.2. The van der Waals surface area contributed by atoms with E-state index in [4.69, 9.17) is 14.7 Å². The molecule has 4 heterocycles. The number of anilines is 7. The molecule has 6 aromatic carbocycles. The third kappa shape index (κ3) is 6.67. The molecule has 0 unspecified atom stereocenters. The van der Waals surface area contributed by atoms with Crippen LogP contribution < -0.4 is 26.7 Å². The Hall–Kier alpha value is -6.39. The minimum atomic E-state index is -0.610. The molecule has 10 rings (SSSR count). The quantitative estimate of drug-likeness (QED) is 0.149. The first-order valence-electron chi connectivity index (χ1n) is 19.6. The van der Waals surface area contributed by atoms with Crippen LogP contribution in [0.2, 0.25) is 0 Å². The van der Waals surface area contributed by atoms with Crippen LogP contribution in [-0.4, -0.2) is 37.6 Å². The Kier molecular flexibility index (Phi) is 9.21. The first kappa shape index (κ1) is 36.0. The molecule has 0 saturated carbocycles. The van der Waals surface area contributed by atoms with Crippen LogP contribution in [-0.2, 0) is 5.41 Å². The van der Waals surface area contributed by atoms with Crippen molar-refractivity contribution in [3.05, 3.63) is 188 Å². The van der Waals surface area contributed by atoms with Gasteiger partial charge in [-0.25, -0.2) is 0 Å². The van der Waals surface area contributed by atoms with E-state index < -0.39 is 20.9 Å². The van der Waals surface area contributed by atoms with Crippen molar-refractivity contribution >= 4 is 68.2 Å². The normalized spacial score (nSPS) is 13.2. The van der Waals surface area contributed by atoms with Gasteiger partial charge in [0.2, 0.25) is 0 Å². The fourth-order valence-corrected chi connectivity index (χ4v) is 10.9. The standard InChI is InChI=1S/C51H41N5OTe/c1-51(2,3)37-28-30-52-48(31-37)56-43-23-10-11-25-46(43)58-47-27-26-40(33-45(47)56)57-39-20-12-19-38(32-39)54-34-55(50-44(54)24-14-29-53-50)49-41(35-15-6-4-7-16-35)21-13-22-42(49)36-17-8-5-9-18-36/h4-33H,34H2,1-3H3. The number of pyridine rings is 2. The van der Waals surface area contributed by atoms with Crippen LogP contribution >= 0.6 is 0 Å². The van der Waals surface area contributed by atoms with Crippen molar-refractivity contribution in [3.63, 3.8) is 0 Å². The molecule has 0 aliphatic carbocycles. The Morgan fingerprint density at radius 1 is 0.534 bits per heavy atom. The van der Waals surface area contributed by atoms with Crippen molar-refractivity contribution < 1.29 is 4.74 Å². The van der Waals surface area contributed by atoms with Crippen molar-refractivity contribution in [1.29, 1.82) is 0 Å². The number of rotatable bonds is 7. The number of aromatic nitrogens is 2.